The SMILES string of the molecule is NC1CC(=O)N(C2CCCC2)C1c1ccc(Cl)cc1. The second-order valence-electron chi connectivity index (χ2n) is 5.60. The molecule has 0 radical (unpaired) electrons. The van der Waals surface area contributed by atoms with E-state index >= 15 is 0 Å². The van der Waals surface area contributed by atoms with Crippen LogP contribution in [0.25, 0.3) is 0 Å². The molecule has 1 aromatic rings. The van der Waals surface area contributed by atoms with Crippen molar-refractivity contribution >= 4 is 17.5 Å². The van der Waals surface area contributed by atoms with Gasteiger partial charge in [-0.3, -0.25) is 4.79 Å². The molecule has 2 fully saturated rings. The summed E-state index contributed by atoms with van der Waals surface area (Å²) < 4.78 is 0. The molecule has 0 bridgehead atoms. The molecule has 4 heteroatoms. The highest BCUT2D eigenvalue weighted by Gasteiger charge is 2.42. The summed E-state index contributed by atoms with van der Waals surface area (Å²) >= 11 is 5.94. The third kappa shape index (κ3) is 2.37. The Morgan fingerprint density at radius 1 is 1.16 bits per heavy atom. The molecule has 1 aliphatic carbocycles. The predicted octanol–water partition coefficient (Wildman–Crippen LogP) is 2.88. The van der Waals surface area contributed by atoms with Crippen molar-refractivity contribution in [1.82, 2.24) is 4.90 Å². The molecule has 0 aromatic heterocycles. The Morgan fingerprint density at radius 2 is 1.79 bits per heavy atom. The zero-order valence-electron chi connectivity index (χ0n) is 10.9. The molecule has 0 spiro atoms. The van der Waals surface area contributed by atoms with Gasteiger partial charge in [0.25, 0.3) is 0 Å². The van der Waals surface area contributed by atoms with Gasteiger partial charge in [-0.2, -0.15) is 0 Å². The summed E-state index contributed by atoms with van der Waals surface area (Å²) in [6.07, 6.45) is 5.13. The van der Waals surface area contributed by atoms with Crippen molar-refractivity contribution in [3.8, 4) is 0 Å². The van der Waals surface area contributed by atoms with Crippen molar-refractivity contribution in [2.24, 2.45) is 5.73 Å². The van der Waals surface area contributed by atoms with Crippen LogP contribution in [0.1, 0.15) is 43.7 Å². The first kappa shape index (κ1) is 12.9. The van der Waals surface area contributed by atoms with Gasteiger partial charge in [-0.05, 0) is 30.5 Å². The number of benzene rings is 1. The fraction of sp³-hybridized carbons (Fsp3) is 0.533. The zero-order chi connectivity index (χ0) is 13.4. The predicted molar refractivity (Wildman–Crippen MR) is 75.9 cm³/mol. The first-order valence-corrected chi connectivity index (χ1v) is 7.37. The van der Waals surface area contributed by atoms with Crippen LogP contribution in [0, 0.1) is 0 Å². The normalized spacial score (nSPS) is 28.3. The van der Waals surface area contributed by atoms with Gasteiger partial charge in [0.1, 0.15) is 0 Å². The molecule has 2 aliphatic rings. The molecule has 102 valence electrons. The molecule has 1 saturated heterocycles. The van der Waals surface area contributed by atoms with Crippen molar-refractivity contribution in [2.75, 3.05) is 0 Å². The van der Waals surface area contributed by atoms with E-state index in [4.69, 9.17) is 17.3 Å². The van der Waals surface area contributed by atoms with Gasteiger partial charge in [-0.25, -0.2) is 0 Å². The third-order valence-electron chi connectivity index (χ3n) is 4.33. The molecular formula is C15H19ClN2O. The first-order valence-electron chi connectivity index (χ1n) is 6.99. The van der Waals surface area contributed by atoms with Crippen LogP contribution in [0.4, 0.5) is 0 Å². The average molecular weight is 279 g/mol. The van der Waals surface area contributed by atoms with Crippen LogP contribution in [0.5, 0.6) is 0 Å². The van der Waals surface area contributed by atoms with Crippen LogP contribution < -0.4 is 5.73 Å². The largest absolute Gasteiger partial charge is 0.331 e. The number of halogens is 1. The number of amides is 1. The summed E-state index contributed by atoms with van der Waals surface area (Å²) in [7, 11) is 0. The van der Waals surface area contributed by atoms with Crippen molar-refractivity contribution in [3.63, 3.8) is 0 Å². The zero-order valence-corrected chi connectivity index (χ0v) is 11.6. The summed E-state index contributed by atoms with van der Waals surface area (Å²) in [5.41, 5.74) is 7.31. The van der Waals surface area contributed by atoms with Gasteiger partial charge >= 0.3 is 0 Å². The fourth-order valence-corrected chi connectivity index (χ4v) is 3.59. The molecule has 1 aromatic carbocycles. The molecule has 2 unspecified atom stereocenters. The smallest absolute Gasteiger partial charge is 0.225 e. The Morgan fingerprint density at radius 3 is 2.42 bits per heavy atom. The summed E-state index contributed by atoms with van der Waals surface area (Å²) in [5.74, 6) is 0.208. The molecular weight excluding hydrogens is 260 g/mol. The number of nitrogens with two attached hydrogens (primary N) is 1. The Labute approximate surface area is 118 Å². The van der Waals surface area contributed by atoms with Crippen molar-refractivity contribution < 1.29 is 4.79 Å². The number of hydrogen-bond donors (Lipinski definition) is 1. The number of hydrogen-bond acceptors (Lipinski definition) is 2. The molecule has 3 rings (SSSR count). The van der Waals surface area contributed by atoms with E-state index in [2.05, 4.69) is 0 Å². The van der Waals surface area contributed by atoms with E-state index in [1.807, 2.05) is 29.2 Å². The van der Waals surface area contributed by atoms with Gasteiger partial charge in [0.15, 0.2) is 0 Å². The van der Waals surface area contributed by atoms with Crippen LogP contribution in [0.3, 0.4) is 0 Å². The maximum atomic E-state index is 12.2. The van der Waals surface area contributed by atoms with E-state index in [-0.39, 0.29) is 18.0 Å². The summed E-state index contributed by atoms with van der Waals surface area (Å²) in [5, 5.41) is 0.717. The Hall–Kier alpha value is -1.06. The molecule has 2 atom stereocenters. The third-order valence-corrected chi connectivity index (χ3v) is 4.59. The average Bonchev–Trinajstić information content (AvgIpc) is 2.98. The van der Waals surface area contributed by atoms with E-state index in [1.165, 1.54) is 12.8 Å². The number of rotatable bonds is 2. The quantitative estimate of drug-likeness (QED) is 0.904. The highest BCUT2D eigenvalue weighted by atomic mass is 35.5. The van der Waals surface area contributed by atoms with E-state index in [9.17, 15) is 4.79 Å². The lowest BCUT2D eigenvalue weighted by molar-refractivity contribution is -0.131. The molecule has 1 amide bonds. The van der Waals surface area contributed by atoms with Gasteiger partial charge in [0, 0.05) is 23.5 Å². The maximum absolute atomic E-state index is 12.2. The lowest BCUT2D eigenvalue weighted by atomic mass is 9.99. The standard InChI is InChI=1S/C15H19ClN2O/c16-11-7-5-10(6-8-11)15-13(17)9-14(19)18(15)12-3-1-2-4-12/h5-8,12-13,15H,1-4,9,17H2. The molecule has 19 heavy (non-hydrogen) atoms. The van der Waals surface area contributed by atoms with Gasteiger partial charge < -0.3 is 10.6 Å². The van der Waals surface area contributed by atoms with E-state index in [0.717, 1.165) is 18.4 Å². The van der Waals surface area contributed by atoms with E-state index in [1.54, 1.807) is 0 Å². The molecule has 3 nitrogen and oxygen atoms in total. The topological polar surface area (TPSA) is 46.3 Å². The van der Waals surface area contributed by atoms with Crippen molar-refractivity contribution in [2.45, 2.75) is 50.2 Å². The minimum atomic E-state index is -0.103. The number of carbonyl (C=O) groups excluding carboxylic acids is 1. The minimum Gasteiger partial charge on any atom is -0.331 e. The highest BCUT2D eigenvalue weighted by molar-refractivity contribution is 6.30. The molecule has 2 N–H and O–H groups in total. The molecule has 1 aliphatic heterocycles. The van der Waals surface area contributed by atoms with Gasteiger partial charge in [0.05, 0.1) is 6.04 Å². The Balaban J connectivity index is 1.91. The van der Waals surface area contributed by atoms with Crippen LogP contribution >= 0.6 is 11.6 Å². The lowest BCUT2D eigenvalue weighted by Crippen LogP contribution is -2.39. The van der Waals surface area contributed by atoms with Crippen LogP contribution in [0.15, 0.2) is 24.3 Å². The highest BCUT2D eigenvalue weighted by Crippen LogP contribution is 2.38. The first-order chi connectivity index (χ1) is 9.16. The monoisotopic (exact) mass is 278 g/mol. The van der Waals surface area contributed by atoms with Crippen LogP contribution in [-0.4, -0.2) is 22.9 Å². The summed E-state index contributed by atoms with van der Waals surface area (Å²) in [6.45, 7) is 0. The van der Waals surface area contributed by atoms with Crippen LogP contribution in [-0.2, 0) is 4.79 Å². The number of likely N-dealkylation sites (tertiary alicyclic amines) is 1. The summed E-state index contributed by atoms with van der Waals surface area (Å²) in [4.78, 5) is 14.3. The number of carbonyl (C=O) groups is 1. The minimum absolute atomic E-state index is 0.0212. The van der Waals surface area contributed by atoms with Crippen molar-refractivity contribution in [3.05, 3.63) is 34.9 Å². The number of nitrogens with zero attached hydrogens (tertiary/aromatic N) is 1. The summed E-state index contributed by atoms with van der Waals surface area (Å²) in [6, 6.07) is 8.03. The second kappa shape index (κ2) is 5.14. The van der Waals surface area contributed by atoms with Gasteiger partial charge in [0.2, 0.25) is 5.91 Å². The van der Waals surface area contributed by atoms with Gasteiger partial charge in [-0.1, -0.05) is 36.6 Å². The molecule has 1 heterocycles. The Bertz CT molecular complexity index is 468. The Kier molecular flexibility index (Phi) is 3.50. The van der Waals surface area contributed by atoms with Crippen molar-refractivity contribution in [1.29, 1.82) is 0 Å². The molecule has 1 saturated carbocycles. The van der Waals surface area contributed by atoms with E-state index < -0.39 is 0 Å². The maximum Gasteiger partial charge on any atom is 0.225 e. The van der Waals surface area contributed by atoms with E-state index in [0.29, 0.717) is 17.5 Å². The van der Waals surface area contributed by atoms with Crippen LogP contribution in [0.2, 0.25) is 5.02 Å². The van der Waals surface area contributed by atoms with Gasteiger partial charge in [-0.15, -0.1) is 0 Å². The lowest BCUT2D eigenvalue weighted by Gasteiger charge is -2.32. The fourth-order valence-electron chi connectivity index (χ4n) is 3.46. The second-order valence-corrected chi connectivity index (χ2v) is 6.04.